The van der Waals surface area contributed by atoms with Gasteiger partial charge in [0.2, 0.25) is 0 Å². The number of ether oxygens (including phenoxy) is 2. The molecule has 7 heteroatoms. The maximum absolute atomic E-state index is 12.8. The van der Waals surface area contributed by atoms with Gasteiger partial charge in [0.15, 0.2) is 5.78 Å². The summed E-state index contributed by atoms with van der Waals surface area (Å²) in [5.74, 6) is -0.445. The number of hydrogen-bond donors (Lipinski definition) is 1. The molecule has 0 bridgehead atoms. The highest BCUT2D eigenvalue weighted by Gasteiger charge is 2.42. The minimum Gasteiger partial charge on any atom is -0.379 e. The summed E-state index contributed by atoms with van der Waals surface area (Å²) in [5.41, 5.74) is 0. The van der Waals surface area contributed by atoms with Gasteiger partial charge in [-0.2, -0.15) is 0 Å². The second-order valence-electron chi connectivity index (χ2n) is 11.5. The maximum Gasteiger partial charge on any atom is 0.385 e. The van der Waals surface area contributed by atoms with Gasteiger partial charge in [-0.05, 0) is 38.5 Å². The molecule has 2 unspecified atom stereocenters. The number of allylic oxidation sites excluding steroid dienone is 2. The number of rotatable bonds is 27. The molecule has 0 saturated carbocycles. The highest BCUT2D eigenvalue weighted by Crippen LogP contribution is 2.51. The third-order valence-corrected chi connectivity index (χ3v) is 9.17. The van der Waals surface area contributed by atoms with Crippen LogP contribution in [0.15, 0.2) is 12.2 Å². The van der Waals surface area contributed by atoms with Gasteiger partial charge in [-0.25, -0.2) is 0 Å². The summed E-state index contributed by atoms with van der Waals surface area (Å²) in [5, 5.41) is 0. The average Bonchev–Trinajstić information content (AvgIpc) is 2.84. The van der Waals surface area contributed by atoms with Crippen molar-refractivity contribution in [2.45, 2.75) is 135 Å². The molecule has 0 rings (SSSR count). The van der Waals surface area contributed by atoms with Crippen LogP contribution in [-0.4, -0.2) is 69.3 Å². The Morgan fingerprint density at radius 3 is 1.76 bits per heavy atom. The van der Waals surface area contributed by atoms with Gasteiger partial charge in [0.05, 0.1) is 34.4 Å². The van der Waals surface area contributed by atoms with Gasteiger partial charge < -0.3 is 23.4 Å². The van der Waals surface area contributed by atoms with Crippen molar-refractivity contribution >= 4 is 7.60 Å². The van der Waals surface area contributed by atoms with Crippen LogP contribution in [-0.2, 0) is 18.6 Å². The summed E-state index contributed by atoms with van der Waals surface area (Å²) in [6, 6.07) is 0. The molecule has 6 nitrogen and oxygen atoms in total. The molecule has 0 aromatic carbocycles. The van der Waals surface area contributed by atoms with Crippen molar-refractivity contribution in [1.29, 1.82) is 0 Å². The molecule has 3 atom stereocenters. The number of unbranched alkanes of at least 4 members (excludes halogenated alkanes) is 13. The van der Waals surface area contributed by atoms with E-state index < -0.39 is 13.4 Å². The van der Waals surface area contributed by atoms with Crippen LogP contribution < -0.4 is 0 Å². The van der Waals surface area contributed by atoms with Gasteiger partial charge in [-0.1, -0.05) is 90.2 Å². The first-order valence-electron chi connectivity index (χ1n) is 15.2. The lowest BCUT2D eigenvalue weighted by molar-refractivity contribution is -0.883. The van der Waals surface area contributed by atoms with Crippen molar-refractivity contribution in [2.24, 2.45) is 0 Å². The first-order valence-corrected chi connectivity index (χ1v) is 16.9. The van der Waals surface area contributed by atoms with Crippen LogP contribution in [0.4, 0.5) is 0 Å². The maximum atomic E-state index is 12.8. The van der Waals surface area contributed by atoms with Crippen LogP contribution in [0, 0.1) is 0 Å². The Morgan fingerprint density at radius 1 is 0.757 bits per heavy atom. The predicted molar refractivity (Wildman–Crippen MR) is 158 cm³/mol. The Labute approximate surface area is 230 Å². The lowest BCUT2D eigenvalue weighted by Gasteiger charge is -2.36. The summed E-state index contributed by atoms with van der Waals surface area (Å²) >= 11 is 0. The molecular weight excluding hydrogens is 485 g/mol. The van der Waals surface area contributed by atoms with Crippen molar-refractivity contribution in [3.8, 4) is 0 Å². The van der Waals surface area contributed by atoms with Crippen LogP contribution >= 0.6 is 7.60 Å². The molecule has 0 aliphatic rings. The van der Waals surface area contributed by atoms with Crippen LogP contribution in [0.25, 0.3) is 0 Å². The molecule has 0 aliphatic carbocycles. The fourth-order valence-corrected chi connectivity index (χ4v) is 6.56. The summed E-state index contributed by atoms with van der Waals surface area (Å²) in [6.07, 6.45) is 25.5. The Morgan fingerprint density at radius 2 is 1.27 bits per heavy atom. The second kappa shape index (κ2) is 23.6. The van der Waals surface area contributed by atoms with Gasteiger partial charge in [-0.15, -0.1) is 0 Å². The Hall–Kier alpha value is -0.230. The van der Waals surface area contributed by atoms with Crippen LogP contribution in [0.5, 0.6) is 0 Å². The van der Waals surface area contributed by atoms with E-state index in [1.807, 2.05) is 28.1 Å². The predicted octanol–water partition coefficient (Wildman–Crippen LogP) is 8.48. The Kier molecular flexibility index (Phi) is 23.5. The zero-order valence-electron chi connectivity index (χ0n) is 25.4. The first kappa shape index (κ1) is 36.8. The van der Waals surface area contributed by atoms with Crippen molar-refractivity contribution in [3.63, 3.8) is 0 Å². The third-order valence-electron chi connectivity index (χ3n) is 6.95. The molecule has 0 aromatic rings. The van der Waals surface area contributed by atoms with Gasteiger partial charge >= 0.3 is 7.60 Å². The van der Waals surface area contributed by atoms with E-state index >= 15 is 0 Å². The number of quaternary nitrogens is 1. The molecular formula is C30H63NO5P+. The van der Waals surface area contributed by atoms with Gasteiger partial charge in [0.25, 0.3) is 0 Å². The summed E-state index contributed by atoms with van der Waals surface area (Å²) in [6.45, 7) is 5.41. The molecule has 0 saturated heterocycles. The van der Waals surface area contributed by atoms with E-state index in [2.05, 4.69) is 19.1 Å². The summed E-state index contributed by atoms with van der Waals surface area (Å²) < 4.78 is 29.9. The monoisotopic (exact) mass is 548 g/mol. The largest absolute Gasteiger partial charge is 0.385 e. The van der Waals surface area contributed by atoms with Crippen LogP contribution in [0.2, 0.25) is 0 Å². The van der Waals surface area contributed by atoms with E-state index in [1.165, 1.54) is 77.0 Å². The van der Waals surface area contributed by atoms with E-state index in [0.29, 0.717) is 24.1 Å². The fourth-order valence-electron chi connectivity index (χ4n) is 4.55. The highest BCUT2D eigenvalue weighted by atomic mass is 31.2. The fraction of sp³-hybridized carbons (Fsp3) is 0.933. The van der Waals surface area contributed by atoms with Crippen molar-refractivity contribution in [3.05, 3.63) is 12.2 Å². The Balaban J connectivity index is 3.74. The van der Waals surface area contributed by atoms with E-state index in [-0.39, 0.29) is 12.7 Å². The van der Waals surface area contributed by atoms with Crippen LogP contribution in [0.1, 0.15) is 123 Å². The first-order chi connectivity index (χ1) is 17.7. The molecule has 0 amide bonds. The second-order valence-corrected chi connectivity index (χ2v) is 13.5. The number of methoxy groups -OCH3 is 1. The zero-order valence-corrected chi connectivity index (χ0v) is 26.3. The number of nitrogens with zero attached hydrogens (tertiary/aromatic N) is 1. The molecule has 0 spiro atoms. The average molecular weight is 549 g/mol. The van der Waals surface area contributed by atoms with E-state index in [1.54, 1.807) is 7.11 Å². The minimum atomic E-state index is -3.76. The van der Waals surface area contributed by atoms with Gasteiger partial charge in [0, 0.05) is 20.1 Å². The van der Waals surface area contributed by atoms with Crippen molar-refractivity contribution in [1.82, 2.24) is 0 Å². The minimum absolute atomic E-state index is 0.0638. The molecule has 0 fully saturated rings. The zero-order chi connectivity index (χ0) is 27.8. The highest BCUT2D eigenvalue weighted by molar-refractivity contribution is 7.53. The van der Waals surface area contributed by atoms with Crippen molar-refractivity contribution < 1.29 is 27.9 Å². The van der Waals surface area contributed by atoms with Crippen LogP contribution in [0.3, 0.4) is 0 Å². The van der Waals surface area contributed by atoms with E-state index in [9.17, 15) is 9.46 Å². The van der Waals surface area contributed by atoms with Gasteiger partial charge in [0.1, 0.15) is 6.10 Å². The molecule has 37 heavy (non-hydrogen) atoms. The van der Waals surface area contributed by atoms with E-state index in [0.717, 1.165) is 25.7 Å². The van der Waals surface area contributed by atoms with Crippen molar-refractivity contribution in [2.75, 3.05) is 48.1 Å². The Bertz CT molecular complexity index is 579. The van der Waals surface area contributed by atoms with Gasteiger partial charge in [-0.3, -0.25) is 4.57 Å². The quantitative estimate of drug-likeness (QED) is 0.0483. The standard InChI is InChI=1S/C30H62NO5P/c1-7-9-10-11-12-13-14-15-16-17-18-19-20-21-22-23-24-26-35-27-29(34-6)28-36-37(32,33)30(25-8-2)31(3,4)5/h19-20,29-30H,7-18,21-28H2,1-6H3/p+1/b20-19-/t29-,30?/m1/s1. The lowest BCUT2D eigenvalue weighted by atomic mass is 10.1. The smallest absolute Gasteiger partial charge is 0.379 e. The molecule has 0 heterocycles. The lowest BCUT2D eigenvalue weighted by Crippen LogP contribution is -2.45. The molecule has 0 aromatic heterocycles. The third kappa shape index (κ3) is 21.3. The number of hydrogen-bond acceptors (Lipinski definition) is 4. The summed E-state index contributed by atoms with van der Waals surface area (Å²) in [7, 11) is 3.62. The normalized spacial score (nSPS) is 15.8. The molecule has 0 radical (unpaired) electrons. The topological polar surface area (TPSA) is 65.0 Å². The molecule has 0 aliphatic heterocycles. The molecule has 1 N–H and O–H groups in total. The molecule has 222 valence electrons. The SMILES string of the molecule is CCCCCCCCCCCC/C=C\CCCCCOC[C@H](COP(=O)(O)C(CCC)[N+](C)(C)C)OC. The summed E-state index contributed by atoms with van der Waals surface area (Å²) in [4.78, 5) is 10.5. The van der Waals surface area contributed by atoms with E-state index in [4.69, 9.17) is 14.0 Å².